The van der Waals surface area contributed by atoms with Gasteiger partial charge < -0.3 is 15.0 Å². The van der Waals surface area contributed by atoms with Crippen LogP contribution in [0, 0.1) is 5.92 Å². The van der Waals surface area contributed by atoms with E-state index in [-0.39, 0.29) is 17.7 Å². The number of nitrogens with zero attached hydrogens (tertiary/aromatic N) is 1. The number of carbonyl (C=O) groups is 2. The first-order chi connectivity index (χ1) is 8.31. The molecular formula is C12H21ClN2O3. The summed E-state index contributed by atoms with van der Waals surface area (Å²) in [4.78, 5) is 24.5. The molecule has 0 radical (unpaired) electrons. The molecule has 1 atom stereocenters. The van der Waals surface area contributed by atoms with Crippen LogP contribution < -0.4 is 5.32 Å². The standard InChI is InChI=1S/C12H21ClN2O3/c1-12(2,3)18-11(17)14-7-9-4-5-15(8-9)10(16)6-13/h9H,4-8H2,1-3H3,(H,14,17). The molecule has 0 spiro atoms. The van der Waals surface area contributed by atoms with Gasteiger partial charge in [0.1, 0.15) is 11.5 Å². The van der Waals surface area contributed by atoms with Crippen LogP contribution in [0.15, 0.2) is 0 Å². The van der Waals surface area contributed by atoms with Crippen LogP contribution in [0.1, 0.15) is 27.2 Å². The second-order valence-electron chi connectivity index (χ2n) is 5.51. The molecule has 1 rings (SSSR count). The molecule has 1 heterocycles. The highest BCUT2D eigenvalue weighted by Crippen LogP contribution is 2.16. The van der Waals surface area contributed by atoms with Gasteiger partial charge in [0.15, 0.2) is 0 Å². The van der Waals surface area contributed by atoms with Gasteiger partial charge in [0.2, 0.25) is 5.91 Å². The van der Waals surface area contributed by atoms with Crippen molar-refractivity contribution in [3.8, 4) is 0 Å². The summed E-state index contributed by atoms with van der Waals surface area (Å²) in [5.74, 6) is 0.257. The quantitative estimate of drug-likeness (QED) is 0.797. The maximum absolute atomic E-state index is 11.5. The smallest absolute Gasteiger partial charge is 0.407 e. The van der Waals surface area contributed by atoms with Crippen LogP contribution in [0.25, 0.3) is 0 Å². The van der Waals surface area contributed by atoms with Crippen LogP contribution in [0.5, 0.6) is 0 Å². The molecule has 6 heteroatoms. The number of likely N-dealkylation sites (tertiary alicyclic amines) is 1. The fourth-order valence-corrected chi connectivity index (χ4v) is 2.02. The molecule has 1 aliphatic heterocycles. The number of rotatable bonds is 3. The second-order valence-corrected chi connectivity index (χ2v) is 5.78. The molecule has 0 saturated carbocycles. The number of hydrogen-bond acceptors (Lipinski definition) is 3. The third kappa shape index (κ3) is 5.12. The van der Waals surface area contributed by atoms with Gasteiger partial charge in [-0.1, -0.05) is 0 Å². The van der Waals surface area contributed by atoms with Gasteiger partial charge in [-0.2, -0.15) is 0 Å². The van der Waals surface area contributed by atoms with E-state index in [9.17, 15) is 9.59 Å². The van der Waals surface area contributed by atoms with Crippen molar-refractivity contribution in [1.29, 1.82) is 0 Å². The number of halogens is 1. The molecule has 1 N–H and O–H groups in total. The lowest BCUT2D eigenvalue weighted by Crippen LogP contribution is -2.36. The molecule has 0 aromatic heterocycles. The van der Waals surface area contributed by atoms with E-state index in [1.165, 1.54) is 0 Å². The minimum atomic E-state index is -0.486. The molecule has 5 nitrogen and oxygen atoms in total. The SMILES string of the molecule is CC(C)(C)OC(=O)NCC1CCN(C(=O)CCl)C1. The number of alkyl halides is 1. The molecule has 2 amide bonds. The highest BCUT2D eigenvalue weighted by atomic mass is 35.5. The Morgan fingerprint density at radius 1 is 1.44 bits per heavy atom. The van der Waals surface area contributed by atoms with Crippen LogP contribution >= 0.6 is 11.6 Å². The first-order valence-corrected chi connectivity index (χ1v) is 6.66. The molecule has 1 fully saturated rings. The Morgan fingerprint density at radius 2 is 2.11 bits per heavy atom. The summed E-state index contributed by atoms with van der Waals surface area (Å²) < 4.78 is 5.14. The summed E-state index contributed by atoms with van der Waals surface area (Å²) in [6.45, 7) is 7.36. The van der Waals surface area contributed by atoms with Gasteiger partial charge in [-0.15, -0.1) is 11.6 Å². The molecule has 18 heavy (non-hydrogen) atoms. The van der Waals surface area contributed by atoms with E-state index < -0.39 is 11.7 Å². The number of nitrogens with one attached hydrogen (secondary N) is 1. The number of amides is 2. The van der Waals surface area contributed by atoms with E-state index in [4.69, 9.17) is 16.3 Å². The van der Waals surface area contributed by atoms with E-state index in [1.54, 1.807) is 4.90 Å². The van der Waals surface area contributed by atoms with Crippen LogP contribution in [0.2, 0.25) is 0 Å². The number of alkyl carbamates (subject to hydrolysis) is 1. The molecule has 1 aliphatic rings. The lowest BCUT2D eigenvalue weighted by atomic mass is 10.1. The minimum Gasteiger partial charge on any atom is -0.444 e. The second kappa shape index (κ2) is 6.27. The number of hydrogen-bond donors (Lipinski definition) is 1. The zero-order valence-electron chi connectivity index (χ0n) is 11.2. The van der Waals surface area contributed by atoms with Crippen LogP contribution in [0.3, 0.4) is 0 Å². The Kier molecular flexibility index (Phi) is 5.26. The van der Waals surface area contributed by atoms with E-state index in [2.05, 4.69) is 5.32 Å². The summed E-state index contributed by atoms with van der Waals surface area (Å²) in [5.41, 5.74) is -0.486. The molecule has 0 aliphatic carbocycles. The molecular weight excluding hydrogens is 256 g/mol. The third-order valence-electron chi connectivity index (χ3n) is 2.69. The van der Waals surface area contributed by atoms with E-state index >= 15 is 0 Å². The monoisotopic (exact) mass is 276 g/mol. The van der Waals surface area contributed by atoms with Gasteiger partial charge >= 0.3 is 6.09 Å². The summed E-state index contributed by atoms with van der Waals surface area (Å²) >= 11 is 5.50. The van der Waals surface area contributed by atoms with Crippen molar-refractivity contribution in [3.63, 3.8) is 0 Å². The van der Waals surface area contributed by atoms with Gasteiger partial charge in [0, 0.05) is 19.6 Å². The van der Waals surface area contributed by atoms with E-state index in [0.717, 1.165) is 6.42 Å². The van der Waals surface area contributed by atoms with Crippen LogP contribution in [-0.4, -0.2) is 48.0 Å². The Morgan fingerprint density at radius 3 is 2.67 bits per heavy atom. The molecule has 104 valence electrons. The summed E-state index contributed by atoms with van der Waals surface area (Å²) in [5, 5.41) is 2.73. The van der Waals surface area contributed by atoms with Crippen LogP contribution in [0.4, 0.5) is 4.79 Å². The van der Waals surface area contributed by atoms with Crippen molar-refractivity contribution in [2.24, 2.45) is 5.92 Å². The van der Waals surface area contributed by atoms with Gasteiger partial charge in [-0.05, 0) is 33.1 Å². The highest BCUT2D eigenvalue weighted by molar-refractivity contribution is 6.27. The van der Waals surface area contributed by atoms with Crippen molar-refractivity contribution in [2.45, 2.75) is 32.8 Å². The van der Waals surface area contributed by atoms with Gasteiger partial charge in [0.25, 0.3) is 0 Å². The third-order valence-corrected chi connectivity index (χ3v) is 2.92. The van der Waals surface area contributed by atoms with E-state index in [0.29, 0.717) is 19.6 Å². The zero-order valence-corrected chi connectivity index (χ0v) is 11.9. The average molecular weight is 277 g/mol. The van der Waals surface area contributed by atoms with Crippen molar-refractivity contribution in [2.75, 3.05) is 25.5 Å². The lowest BCUT2D eigenvalue weighted by molar-refractivity contribution is -0.127. The van der Waals surface area contributed by atoms with Crippen molar-refractivity contribution in [3.05, 3.63) is 0 Å². The molecule has 0 aromatic rings. The predicted molar refractivity (Wildman–Crippen MR) is 69.6 cm³/mol. The molecule has 0 bridgehead atoms. The fourth-order valence-electron chi connectivity index (χ4n) is 1.85. The average Bonchev–Trinajstić information content (AvgIpc) is 2.71. The van der Waals surface area contributed by atoms with Gasteiger partial charge in [-0.25, -0.2) is 4.79 Å². The Labute approximate surface area is 113 Å². The van der Waals surface area contributed by atoms with Gasteiger partial charge in [0.05, 0.1) is 0 Å². The highest BCUT2D eigenvalue weighted by Gasteiger charge is 2.26. The number of ether oxygens (including phenoxy) is 1. The molecule has 1 unspecified atom stereocenters. The fraction of sp³-hybridized carbons (Fsp3) is 0.833. The van der Waals surface area contributed by atoms with Gasteiger partial charge in [-0.3, -0.25) is 4.79 Å². The predicted octanol–water partition coefficient (Wildman–Crippen LogP) is 1.60. The Bertz CT molecular complexity index is 315. The summed E-state index contributed by atoms with van der Waals surface area (Å²) in [6.07, 6.45) is 0.475. The Hall–Kier alpha value is -0.970. The van der Waals surface area contributed by atoms with Crippen molar-refractivity contribution < 1.29 is 14.3 Å². The maximum atomic E-state index is 11.5. The zero-order chi connectivity index (χ0) is 13.8. The Balaban J connectivity index is 2.26. The lowest BCUT2D eigenvalue weighted by Gasteiger charge is -2.20. The van der Waals surface area contributed by atoms with Crippen LogP contribution in [-0.2, 0) is 9.53 Å². The number of carbonyl (C=O) groups excluding carboxylic acids is 2. The first-order valence-electron chi connectivity index (χ1n) is 6.12. The topological polar surface area (TPSA) is 58.6 Å². The van der Waals surface area contributed by atoms with Crippen molar-refractivity contribution in [1.82, 2.24) is 10.2 Å². The van der Waals surface area contributed by atoms with Crippen molar-refractivity contribution >= 4 is 23.6 Å². The molecule has 0 aromatic carbocycles. The summed E-state index contributed by atoms with van der Waals surface area (Å²) in [6, 6.07) is 0. The molecule has 1 saturated heterocycles. The largest absolute Gasteiger partial charge is 0.444 e. The first kappa shape index (κ1) is 15.1. The summed E-state index contributed by atoms with van der Waals surface area (Å²) in [7, 11) is 0. The minimum absolute atomic E-state index is 0.0201. The maximum Gasteiger partial charge on any atom is 0.407 e. The normalized spacial score (nSPS) is 19.8. The van der Waals surface area contributed by atoms with E-state index in [1.807, 2.05) is 20.8 Å².